The Balaban J connectivity index is 1.77. The summed E-state index contributed by atoms with van der Waals surface area (Å²) in [5, 5.41) is 21.5. The SMILES string of the molecule is Cc1ccc(NC(=O)COc2ccc(Cl)cc2/C=C2\SC(=S)N(C(CCC(=O)O)C(=O)O)C2=O)cc1. The number of carboxylic acid groups (broad SMARTS) is 2. The Morgan fingerprint density at radius 1 is 1.19 bits per heavy atom. The van der Waals surface area contributed by atoms with E-state index in [1.165, 1.54) is 12.1 Å². The first-order valence-corrected chi connectivity index (χ1v) is 12.2. The van der Waals surface area contributed by atoms with Crippen molar-refractivity contribution in [1.82, 2.24) is 4.90 Å². The molecule has 3 rings (SSSR count). The number of amides is 2. The van der Waals surface area contributed by atoms with Crippen LogP contribution in [0.1, 0.15) is 24.0 Å². The van der Waals surface area contributed by atoms with E-state index in [0.29, 0.717) is 16.3 Å². The minimum absolute atomic E-state index is 0.00832. The van der Waals surface area contributed by atoms with Crippen LogP contribution in [-0.2, 0) is 19.2 Å². The summed E-state index contributed by atoms with van der Waals surface area (Å²) in [6.45, 7) is 1.62. The Morgan fingerprint density at radius 2 is 1.89 bits per heavy atom. The summed E-state index contributed by atoms with van der Waals surface area (Å²) in [6, 6.07) is 10.5. The molecule has 1 fully saturated rings. The van der Waals surface area contributed by atoms with Gasteiger partial charge in [0.15, 0.2) is 6.61 Å². The number of anilines is 1. The lowest BCUT2D eigenvalue weighted by molar-refractivity contribution is -0.146. The fourth-order valence-corrected chi connectivity index (χ4v) is 4.78. The van der Waals surface area contributed by atoms with E-state index in [1.807, 2.05) is 19.1 Å². The molecule has 0 spiro atoms. The highest BCUT2D eigenvalue weighted by Crippen LogP contribution is 2.37. The van der Waals surface area contributed by atoms with Gasteiger partial charge in [-0.05, 0) is 49.8 Å². The maximum Gasteiger partial charge on any atom is 0.326 e. The van der Waals surface area contributed by atoms with Crippen molar-refractivity contribution in [3.05, 3.63) is 63.5 Å². The molecule has 188 valence electrons. The number of carbonyl (C=O) groups is 4. The molecule has 3 N–H and O–H groups in total. The van der Waals surface area contributed by atoms with Gasteiger partial charge in [-0.15, -0.1) is 0 Å². The standard InChI is InChI=1S/C24H21ClN2O7S2/c1-13-2-5-16(6-3-13)26-20(28)12-34-18-8-4-15(25)10-14(18)11-19-22(31)27(24(35)36-19)17(23(32)33)7-9-21(29)30/h2-6,8,10-11,17H,7,9,12H2,1H3,(H,26,28)(H,29,30)(H,32,33)/b19-11-. The number of thiocarbonyl (C=S) groups is 1. The number of hydrogen-bond donors (Lipinski definition) is 3. The zero-order valence-corrected chi connectivity index (χ0v) is 21.3. The quantitative estimate of drug-likeness (QED) is 0.295. The molecule has 1 aliphatic heterocycles. The Hall–Kier alpha value is -3.41. The average molecular weight is 549 g/mol. The van der Waals surface area contributed by atoms with Gasteiger partial charge in [0.25, 0.3) is 11.8 Å². The van der Waals surface area contributed by atoms with Crippen molar-refractivity contribution in [2.75, 3.05) is 11.9 Å². The summed E-state index contributed by atoms with van der Waals surface area (Å²) in [6.07, 6.45) is 0.699. The molecule has 0 saturated carbocycles. The third kappa shape index (κ3) is 7.06. The zero-order chi connectivity index (χ0) is 26.4. The lowest BCUT2D eigenvalue weighted by Crippen LogP contribution is -2.44. The first-order chi connectivity index (χ1) is 17.0. The van der Waals surface area contributed by atoms with Crippen LogP contribution in [0.15, 0.2) is 47.4 Å². The molecule has 0 aliphatic carbocycles. The van der Waals surface area contributed by atoms with E-state index in [1.54, 1.807) is 24.3 Å². The number of thioether (sulfide) groups is 1. The number of carbonyl (C=O) groups excluding carboxylic acids is 2. The van der Waals surface area contributed by atoms with Crippen molar-refractivity contribution >= 4 is 75.4 Å². The molecule has 36 heavy (non-hydrogen) atoms. The van der Waals surface area contributed by atoms with Crippen LogP contribution in [0.5, 0.6) is 5.75 Å². The number of ether oxygens (including phenoxy) is 1. The lowest BCUT2D eigenvalue weighted by Gasteiger charge is -2.22. The van der Waals surface area contributed by atoms with E-state index in [9.17, 15) is 24.3 Å². The van der Waals surface area contributed by atoms with E-state index < -0.39 is 36.2 Å². The van der Waals surface area contributed by atoms with Gasteiger partial charge in [0, 0.05) is 22.7 Å². The Bertz CT molecular complexity index is 1250. The molecule has 12 heteroatoms. The van der Waals surface area contributed by atoms with Crippen molar-refractivity contribution in [1.29, 1.82) is 0 Å². The minimum atomic E-state index is -1.42. The van der Waals surface area contributed by atoms with E-state index in [4.69, 9.17) is 33.7 Å². The number of nitrogens with one attached hydrogen (secondary N) is 1. The first-order valence-electron chi connectivity index (χ1n) is 10.6. The zero-order valence-electron chi connectivity index (χ0n) is 18.9. The van der Waals surface area contributed by atoms with Crippen LogP contribution in [0.4, 0.5) is 5.69 Å². The largest absolute Gasteiger partial charge is 0.483 e. The number of benzene rings is 2. The fourth-order valence-electron chi connectivity index (χ4n) is 3.25. The van der Waals surface area contributed by atoms with Crippen molar-refractivity contribution in [2.45, 2.75) is 25.8 Å². The van der Waals surface area contributed by atoms with Crippen molar-refractivity contribution in [3.8, 4) is 5.75 Å². The fraction of sp³-hybridized carbons (Fsp3) is 0.208. The summed E-state index contributed by atoms with van der Waals surface area (Å²) in [7, 11) is 0. The summed E-state index contributed by atoms with van der Waals surface area (Å²) < 4.78 is 5.65. The van der Waals surface area contributed by atoms with Crippen LogP contribution < -0.4 is 10.1 Å². The molecule has 0 aromatic heterocycles. The molecule has 2 amide bonds. The molecule has 0 radical (unpaired) electrons. The van der Waals surface area contributed by atoms with Crippen LogP contribution in [0.25, 0.3) is 6.08 Å². The number of carboxylic acids is 2. The van der Waals surface area contributed by atoms with Crippen molar-refractivity contribution < 1.29 is 34.1 Å². The van der Waals surface area contributed by atoms with Crippen LogP contribution in [0.2, 0.25) is 5.02 Å². The molecular formula is C24H21ClN2O7S2. The predicted molar refractivity (Wildman–Crippen MR) is 140 cm³/mol. The number of aliphatic carboxylic acids is 2. The third-order valence-corrected chi connectivity index (χ3v) is 6.57. The second-order valence-electron chi connectivity index (χ2n) is 7.72. The molecule has 1 saturated heterocycles. The van der Waals surface area contributed by atoms with Crippen LogP contribution in [0, 0.1) is 6.92 Å². The first kappa shape index (κ1) is 27.2. The maximum atomic E-state index is 13.0. The highest BCUT2D eigenvalue weighted by atomic mass is 35.5. The Morgan fingerprint density at radius 3 is 2.53 bits per heavy atom. The average Bonchev–Trinajstić information content (AvgIpc) is 3.07. The maximum absolute atomic E-state index is 13.0. The summed E-state index contributed by atoms with van der Waals surface area (Å²) >= 11 is 12.2. The van der Waals surface area contributed by atoms with Gasteiger partial charge in [0.1, 0.15) is 16.1 Å². The minimum Gasteiger partial charge on any atom is -0.483 e. The number of nitrogens with zero attached hydrogens (tertiary/aromatic N) is 1. The molecule has 2 aromatic rings. The normalized spacial score (nSPS) is 15.2. The van der Waals surface area contributed by atoms with Gasteiger partial charge in [-0.25, -0.2) is 4.79 Å². The molecular weight excluding hydrogens is 528 g/mol. The highest BCUT2D eigenvalue weighted by Gasteiger charge is 2.40. The van der Waals surface area contributed by atoms with Crippen LogP contribution >= 0.6 is 35.6 Å². The van der Waals surface area contributed by atoms with Crippen LogP contribution in [0.3, 0.4) is 0 Å². The number of aryl methyl sites for hydroxylation is 1. The molecule has 1 heterocycles. The molecule has 0 bridgehead atoms. The number of halogens is 1. The van der Waals surface area contributed by atoms with Gasteiger partial charge in [0.2, 0.25) is 0 Å². The van der Waals surface area contributed by atoms with Gasteiger partial charge in [0.05, 0.1) is 4.91 Å². The molecule has 2 aromatic carbocycles. The topological polar surface area (TPSA) is 133 Å². The van der Waals surface area contributed by atoms with E-state index in [0.717, 1.165) is 22.2 Å². The third-order valence-electron chi connectivity index (χ3n) is 5.00. The molecule has 9 nitrogen and oxygen atoms in total. The second kappa shape index (κ2) is 12.0. The van der Waals surface area contributed by atoms with Gasteiger partial charge in [-0.1, -0.05) is 53.3 Å². The van der Waals surface area contributed by atoms with E-state index in [2.05, 4.69) is 5.32 Å². The van der Waals surface area contributed by atoms with Gasteiger partial charge >= 0.3 is 11.9 Å². The van der Waals surface area contributed by atoms with Gasteiger partial charge in [-0.3, -0.25) is 19.3 Å². The number of hydrogen-bond acceptors (Lipinski definition) is 7. The highest BCUT2D eigenvalue weighted by molar-refractivity contribution is 8.26. The summed E-state index contributed by atoms with van der Waals surface area (Å²) in [5.41, 5.74) is 2.05. The number of rotatable bonds is 10. The lowest BCUT2D eigenvalue weighted by atomic mass is 10.1. The van der Waals surface area contributed by atoms with Crippen molar-refractivity contribution in [2.24, 2.45) is 0 Å². The Labute approximate surface area is 221 Å². The summed E-state index contributed by atoms with van der Waals surface area (Å²) in [5.74, 6) is -3.35. The predicted octanol–water partition coefficient (Wildman–Crippen LogP) is 4.19. The van der Waals surface area contributed by atoms with Gasteiger partial charge < -0.3 is 20.3 Å². The molecule has 1 atom stereocenters. The van der Waals surface area contributed by atoms with E-state index in [-0.39, 0.29) is 28.0 Å². The molecule has 1 unspecified atom stereocenters. The van der Waals surface area contributed by atoms with E-state index >= 15 is 0 Å². The monoisotopic (exact) mass is 548 g/mol. The summed E-state index contributed by atoms with van der Waals surface area (Å²) in [4.78, 5) is 48.9. The molecule has 1 aliphatic rings. The second-order valence-corrected chi connectivity index (χ2v) is 9.84. The van der Waals surface area contributed by atoms with Crippen LogP contribution in [-0.4, -0.2) is 55.8 Å². The smallest absolute Gasteiger partial charge is 0.326 e. The van der Waals surface area contributed by atoms with Crippen molar-refractivity contribution in [3.63, 3.8) is 0 Å². The van der Waals surface area contributed by atoms with Gasteiger partial charge in [-0.2, -0.15) is 0 Å². The Kier molecular flexibility index (Phi) is 9.08.